The van der Waals surface area contributed by atoms with Crippen LogP contribution < -0.4 is 10.6 Å². The van der Waals surface area contributed by atoms with Gasteiger partial charge in [-0.3, -0.25) is 4.79 Å². The van der Waals surface area contributed by atoms with Gasteiger partial charge in [0.1, 0.15) is 5.76 Å². The summed E-state index contributed by atoms with van der Waals surface area (Å²) in [5.74, 6) is 1.03. The smallest absolute Gasteiger partial charge is 0.251 e. The lowest BCUT2D eigenvalue weighted by Crippen LogP contribution is -2.22. The molecule has 0 radical (unpaired) electrons. The molecule has 4 rings (SSSR count). The Labute approximate surface area is 162 Å². The average Bonchev–Trinajstić information content (AvgIpc) is 3.27. The van der Waals surface area contributed by atoms with E-state index in [4.69, 9.17) is 4.42 Å². The number of benzene rings is 2. The van der Waals surface area contributed by atoms with Crippen LogP contribution in [0.4, 0.5) is 11.6 Å². The number of nitrogens with one attached hydrogen (secondary N) is 2. The van der Waals surface area contributed by atoms with Crippen molar-refractivity contribution in [1.82, 2.24) is 15.3 Å². The molecule has 1 amide bonds. The molecule has 6 heteroatoms. The Hall–Kier alpha value is -3.93. The summed E-state index contributed by atoms with van der Waals surface area (Å²) in [6, 6.07) is 22.5. The van der Waals surface area contributed by atoms with Crippen LogP contribution in [0.3, 0.4) is 0 Å². The highest BCUT2D eigenvalue weighted by Gasteiger charge is 2.09. The fraction of sp³-hybridized carbons (Fsp3) is 0.0455. The van der Waals surface area contributed by atoms with Crippen molar-refractivity contribution in [1.29, 1.82) is 0 Å². The lowest BCUT2D eigenvalue weighted by Gasteiger charge is -2.08. The standard InChI is InChI=1S/C22H18N4O2/c27-21(24-15-19-10-5-13-28-19)17-7-4-6-16(14-17)20-11-12-23-22(26-20)25-18-8-2-1-3-9-18/h1-14H,15H2,(H,24,27)(H,23,25,26). The van der Waals surface area contributed by atoms with Crippen molar-refractivity contribution in [3.8, 4) is 11.3 Å². The first-order valence-electron chi connectivity index (χ1n) is 8.84. The van der Waals surface area contributed by atoms with Crippen molar-refractivity contribution >= 4 is 17.5 Å². The Morgan fingerprint density at radius 2 is 1.86 bits per heavy atom. The maximum atomic E-state index is 12.4. The van der Waals surface area contributed by atoms with Crippen molar-refractivity contribution in [2.45, 2.75) is 6.54 Å². The predicted molar refractivity (Wildman–Crippen MR) is 107 cm³/mol. The predicted octanol–water partition coefficient (Wildman–Crippen LogP) is 4.41. The Balaban J connectivity index is 1.50. The van der Waals surface area contributed by atoms with E-state index in [2.05, 4.69) is 20.6 Å². The normalized spacial score (nSPS) is 10.4. The molecular formula is C22H18N4O2. The number of para-hydroxylation sites is 1. The van der Waals surface area contributed by atoms with Gasteiger partial charge in [0.05, 0.1) is 18.5 Å². The monoisotopic (exact) mass is 370 g/mol. The molecule has 0 fully saturated rings. The Bertz CT molecular complexity index is 1060. The second-order valence-corrected chi connectivity index (χ2v) is 6.10. The number of carbonyl (C=O) groups is 1. The molecule has 2 aromatic heterocycles. The molecule has 0 aliphatic carbocycles. The third-order valence-electron chi connectivity index (χ3n) is 4.11. The minimum absolute atomic E-state index is 0.171. The minimum atomic E-state index is -0.171. The van der Waals surface area contributed by atoms with E-state index in [0.29, 0.717) is 23.8 Å². The van der Waals surface area contributed by atoms with Gasteiger partial charge < -0.3 is 15.1 Å². The van der Waals surface area contributed by atoms with Gasteiger partial charge in [-0.25, -0.2) is 9.97 Å². The summed E-state index contributed by atoms with van der Waals surface area (Å²) < 4.78 is 5.24. The number of hydrogen-bond donors (Lipinski definition) is 2. The quantitative estimate of drug-likeness (QED) is 0.525. The van der Waals surface area contributed by atoms with Gasteiger partial charge in [0.15, 0.2) is 0 Å². The first kappa shape index (κ1) is 17.5. The van der Waals surface area contributed by atoms with Gasteiger partial charge in [-0.2, -0.15) is 0 Å². The Morgan fingerprint density at radius 1 is 0.964 bits per heavy atom. The molecule has 0 unspecified atom stereocenters. The zero-order chi connectivity index (χ0) is 19.2. The third kappa shape index (κ3) is 4.24. The summed E-state index contributed by atoms with van der Waals surface area (Å²) >= 11 is 0. The van der Waals surface area contributed by atoms with E-state index >= 15 is 0 Å². The maximum Gasteiger partial charge on any atom is 0.251 e. The molecule has 0 bridgehead atoms. The highest BCUT2D eigenvalue weighted by atomic mass is 16.3. The van der Waals surface area contributed by atoms with E-state index in [-0.39, 0.29) is 5.91 Å². The molecule has 2 heterocycles. The van der Waals surface area contributed by atoms with Crippen molar-refractivity contribution in [3.05, 3.63) is 96.6 Å². The molecule has 2 aromatic carbocycles. The van der Waals surface area contributed by atoms with Crippen molar-refractivity contribution in [3.63, 3.8) is 0 Å². The molecule has 6 nitrogen and oxygen atoms in total. The van der Waals surface area contributed by atoms with Gasteiger partial charge in [-0.1, -0.05) is 30.3 Å². The van der Waals surface area contributed by atoms with Crippen LogP contribution in [0.1, 0.15) is 16.1 Å². The molecular weight excluding hydrogens is 352 g/mol. The summed E-state index contributed by atoms with van der Waals surface area (Å²) in [5, 5.41) is 6.02. The van der Waals surface area contributed by atoms with E-state index in [1.54, 1.807) is 24.6 Å². The average molecular weight is 370 g/mol. The first-order valence-corrected chi connectivity index (χ1v) is 8.84. The molecule has 138 valence electrons. The molecule has 4 aromatic rings. The second-order valence-electron chi connectivity index (χ2n) is 6.10. The SMILES string of the molecule is O=C(NCc1ccco1)c1cccc(-c2ccnc(Nc3ccccc3)n2)c1. The number of anilines is 2. The molecule has 0 saturated heterocycles. The molecule has 0 saturated carbocycles. The van der Waals surface area contributed by atoms with Crippen molar-refractivity contribution in [2.75, 3.05) is 5.32 Å². The summed E-state index contributed by atoms with van der Waals surface area (Å²) in [5.41, 5.74) is 3.03. The number of nitrogens with zero attached hydrogens (tertiary/aromatic N) is 2. The van der Waals surface area contributed by atoms with E-state index in [0.717, 1.165) is 16.9 Å². The number of aromatic nitrogens is 2. The molecule has 0 aliphatic rings. The van der Waals surface area contributed by atoms with Gasteiger partial charge in [0.25, 0.3) is 5.91 Å². The summed E-state index contributed by atoms with van der Waals surface area (Å²) in [7, 11) is 0. The van der Waals surface area contributed by atoms with E-state index in [1.165, 1.54) is 0 Å². The summed E-state index contributed by atoms with van der Waals surface area (Å²) in [6.45, 7) is 0.342. The van der Waals surface area contributed by atoms with Gasteiger partial charge in [-0.05, 0) is 42.5 Å². The Kier molecular flexibility index (Phi) is 5.11. The maximum absolute atomic E-state index is 12.4. The van der Waals surface area contributed by atoms with Crippen LogP contribution in [0.25, 0.3) is 11.3 Å². The van der Waals surface area contributed by atoms with Crippen LogP contribution in [0.2, 0.25) is 0 Å². The highest BCUT2D eigenvalue weighted by molar-refractivity contribution is 5.95. The fourth-order valence-corrected chi connectivity index (χ4v) is 2.73. The molecule has 2 N–H and O–H groups in total. The third-order valence-corrected chi connectivity index (χ3v) is 4.11. The van der Waals surface area contributed by atoms with E-state index < -0.39 is 0 Å². The second kappa shape index (κ2) is 8.18. The number of amides is 1. The number of rotatable bonds is 6. The zero-order valence-electron chi connectivity index (χ0n) is 15.0. The van der Waals surface area contributed by atoms with Gasteiger partial charge >= 0.3 is 0 Å². The lowest BCUT2D eigenvalue weighted by molar-refractivity contribution is 0.0948. The molecule has 0 spiro atoms. The van der Waals surface area contributed by atoms with Crippen LogP contribution in [0, 0.1) is 0 Å². The number of furan rings is 1. The van der Waals surface area contributed by atoms with E-state index in [1.807, 2.05) is 60.7 Å². The molecule has 28 heavy (non-hydrogen) atoms. The fourth-order valence-electron chi connectivity index (χ4n) is 2.73. The van der Waals surface area contributed by atoms with Crippen LogP contribution in [-0.2, 0) is 6.54 Å². The minimum Gasteiger partial charge on any atom is -0.467 e. The van der Waals surface area contributed by atoms with Crippen LogP contribution in [0.5, 0.6) is 0 Å². The van der Waals surface area contributed by atoms with Crippen LogP contribution >= 0.6 is 0 Å². The lowest BCUT2D eigenvalue weighted by atomic mass is 10.1. The van der Waals surface area contributed by atoms with E-state index in [9.17, 15) is 4.79 Å². The van der Waals surface area contributed by atoms with Gasteiger partial charge in [0, 0.05) is 23.0 Å². The largest absolute Gasteiger partial charge is 0.467 e. The summed E-state index contributed by atoms with van der Waals surface area (Å²) in [6.07, 6.45) is 3.27. The number of carbonyl (C=O) groups excluding carboxylic acids is 1. The Morgan fingerprint density at radius 3 is 2.68 bits per heavy atom. The number of hydrogen-bond acceptors (Lipinski definition) is 5. The van der Waals surface area contributed by atoms with Gasteiger partial charge in [-0.15, -0.1) is 0 Å². The summed E-state index contributed by atoms with van der Waals surface area (Å²) in [4.78, 5) is 21.3. The molecule has 0 aliphatic heterocycles. The van der Waals surface area contributed by atoms with Crippen molar-refractivity contribution < 1.29 is 9.21 Å². The molecule has 0 atom stereocenters. The highest BCUT2D eigenvalue weighted by Crippen LogP contribution is 2.20. The van der Waals surface area contributed by atoms with Crippen LogP contribution in [-0.4, -0.2) is 15.9 Å². The topological polar surface area (TPSA) is 80.0 Å². The zero-order valence-corrected chi connectivity index (χ0v) is 15.0. The first-order chi connectivity index (χ1) is 13.8. The van der Waals surface area contributed by atoms with Gasteiger partial charge in [0.2, 0.25) is 5.95 Å². The van der Waals surface area contributed by atoms with Crippen molar-refractivity contribution in [2.24, 2.45) is 0 Å². The van der Waals surface area contributed by atoms with Crippen LogP contribution in [0.15, 0.2) is 89.7 Å².